The molecule has 2 aliphatic rings. The molecule has 1 saturated carbocycles. The summed E-state index contributed by atoms with van der Waals surface area (Å²) < 4.78 is 33.3. The molecule has 0 radical (unpaired) electrons. The Morgan fingerprint density at radius 2 is 1.40 bits per heavy atom. The van der Waals surface area contributed by atoms with E-state index in [1.165, 1.54) is 0 Å². The van der Waals surface area contributed by atoms with E-state index in [9.17, 15) is 45.2 Å². The van der Waals surface area contributed by atoms with E-state index in [0.717, 1.165) is 32.1 Å². The fourth-order valence-electron chi connectivity index (χ4n) is 4.09. The summed E-state index contributed by atoms with van der Waals surface area (Å²) in [4.78, 5) is 10.2. The van der Waals surface area contributed by atoms with Gasteiger partial charge in [-0.15, -0.1) is 0 Å². The fourth-order valence-corrected chi connectivity index (χ4v) is 5.06. The lowest BCUT2D eigenvalue weighted by molar-refractivity contribution is -0.315. The smallest absolute Gasteiger partial charge is 0.394 e. The number of phosphoric ester groups is 1. The van der Waals surface area contributed by atoms with Crippen molar-refractivity contribution >= 4 is 7.82 Å². The van der Waals surface area contributed by atoms with Gasteiger partial charge in [0.05, 0.1) is 19.3 Å². The minimum atomic E-state index is -4.82. The van der Waals surface area contributed by atoms with Gasteiger partial charge in [-0.25, -0.2) is 4.57 Å². The maximum absolute atomic E-state index is 12.5. The van der Waals surface area contributed by atoms with Crippen LogP contribution >= 0.6 is 7.82 Å². The van der Waals surface area contributed by atoms with Crippen LogP contribution in [0.15, 0.2) is 0 Å². The summed E-state index contributed by atoms with van der Waals surface area (Å²) in [6, 6.07) is -1.41. The first-order valence-electron chi connectivity index (χ1n) is 11.9. The van der Waals surface area contributed by atoms with Crippen molar-refractivity contribution in [1.29, 1.82) is 0 Å². The molecule has 0 bridgehead atoms. The number of aliphatic hydroxyl groups is 7. The number of unbranched alkanes of at least 4 members (excludes halogenated alkanes) is 5. The highest BCUT2D eigenvalue weighted by atomic mass is 31.2. The van der Waals surface area contributed by atoms with Gasteiger partial charge >= 0.3 is 7.82 Å². The zero-order valence-corrected chi connectivity index (χ0v) is 20.5. The van der Waals surface area contributed by atoms with Gasteiger partial charge in [-0.3, -0.25) is 9.05 Å². The number of rotatable bonds is 13. The first-order chi connectivity index (χ1) is 16.4. The third-order valence-electron chi connectivity index (χ3n) is 6.27. The van der Waals surface area contributed by atoms with Gasteiger partial charge in [0.25, 0.3) is 0 Å². The molecule has 1 saturated heterocycles. The quantitative estimate of drug-likeness (QED) is 0.0875. The van der Waals surface area contributed by atoms with Crippen molar-refractivity contribution in [1.82, 2.24) is 0 Å². The van der Waals surface area contributed by atoms with Crippen LogP contribution in [-0.4, -0.2) is 121 Å². The molecule has 15 heteroatoms. The minimum absolute atomic E-state index is 0.124. The predicted molar refractivity (Wildman–Crippen MR) is 119 cm³/mol. The Morgan fingerprint density at radius 1 is 0.829 bits per heavy atom. The van der Waals surface area contributed by atoms with Crippen LogP contribution in [0.5, 0.6) is 0 Å². The van der Waals surface area contributed by atoms with Crippen LogP contribution in [0.3, 0.4) is 0 Å². The molecule has 1 aliphatic heterocycles. The molecular weight excluding hydrogens is 493 g/mol. The molecule has 12 atom stereocenters. The normalized spacial score (nSPS) is 42.1. The predicted octanol–water partition coefficient (Wildman–Crippen LogP) is -2.54. The summed E-state index contributed by atoms with van der Waals surface area (Å²) in [6.45, 7) is 1.23. The molecule has 1 aliphatic carbocycles. The average molecular weight is 534 g/mol. The second kappa shape index (κ2) is 14.0. The molecule has 10 N–H and O–H groups in total. The third kappa shape index (κ3) is 8.09. The second-order valence-electron chi connectivity index (χ2n) is 8.99. The monoisotopic (exact) mass is 533 g/mol. The van der Waals surface area contributed by atoms with E-state index in [1.807, 2.05) is 0 Å². The van der Waals surface area contributed by atoms with E-state index in [1.54, 1.807) is 0 Å². The molecule has 0 aromatic carbocycles. The Bertz CT molecular complexity index is 673. The number of phosphoric acid groups is 1. The fraction of sp³-hybridized carbons (Fsp3) is 1.00. The largest absolute Gasteiger partial charge is 0.472 e. The molecule has 1 heterocycles. The molecule has 0 spiro atoms. The van der Waals surface area contributed by atoms with Gasteiger partial charge in [-0.1, -0.05) is 39.0 Å². The molecule has 35 heavy (non-hydrogen) atoms. The zero-order chi connectivity index (χ0) is 26.3. The maximum Gasteiger partial charge on any atom is 0.472 e. The number of hydrogen-bond donors (Lipinski definition) is 9. The number of hydrogen-bond acceptors (Lipinski definition) is 13. The van der Waals surface area contributed by atoms with Gasteiger partial charge in [-0.05, 0) is 6.42 Å². The Labute approximate surface area is 203 Å². The van der Waals surface area contributed by atoms with Gasteiger partial charge in [0.2, 0.25) is 0 Å². The van der Waals surface area contributed by atoms with Crippen molar-refractivity contribution in [3.63, 3.8) is 0 Å². The van der Waals surface area contributed by atoms with Crippen molar-refractivity contribution in [3.05, 3.63) is 0 Å². The molecule has 208 valence electrons. The lowest BCUT2D eigenvalue weighted by Gasteiger charge is -2.47. The average Bonchev–Trinajstić information content (AvgIpc) is 2.82. The van der Waals surface area contributed by atoms with Gasteiger partial charge < -0.3 is 55.8 Å². The first-order valence-corrected chi connectivity index (χ1v) is 13.4. The third-order valence-corrected chi connectivity index (χ3v) is 7.29. The van der Waals surface area contributed by atoms with E-state index in [4.69, 9.17) is 24.3 Å². The van der Waals surface area contributed by atoms with Gasteiger partial charge in [0.1, 0.15) is 54.9 Å². The number of ether oxygens (including phenoxy) is 2. The van der Waals surface area contributed by atoms with E-state index < -0.39 is 81.7 Å². The highest BCUT2D eigenvalue weighted by molar-refractivity contribution is 7.47. The Hall–Kier alpha value is -0.290. The SMILES string of the molecule is CCCCCCCCOP(=O)(O)O[C@@H]1[C@H](O)[C@H](O)[C@@H](O)[C@H](O)[C@H]1O[C@H]1O[C@H](CO)[C@@H](O)[C@H](O)[C@H]1N. The van der Waals surface area contributed by atoms with Crippen LogP contribution in [0, 0.1) is 0 Å². The lowest BCUT2D eigenvalue weighted by atomic mass is 9.84. The maximum atomic E-state index is 12.5. The van der Waals surface area contributed by atoms with Gasteiger partial charge in [0, 0.05) is 0 Å². The van der Waals surface area contributed by atoms with Crippen LogP contribution in [0.4, 0.5) is 0 Å². The summed E-state index contributed by atoms with van der Waals surface area (Å²) in [6.07, 6.45) is -12.3. The minimum Gasteiger partial charge on any atom is -0.394 e. The molecule has 2 rings (SSSR count). The van der Waals surface area contributed by atoms with Gasteiger partial charge in [0.15, 0.2) is 6.29 Å². The first kappa shape index (κ1) is 30.9. The van der Waals surface area contributed by atoms with Crippen molar-refractivity contribution in [3.8, 4) is 0 Å². The molecule has 2 fully saturated rings. The molecular formula is C20H40NO13P. The van der Waals surface area contributed by atoms with Crippen molar-refractivity contribution in [2.75, 3.05) is 13.2 Å². The molecule has 0 aromatic heterocycles. The van der Waals surface area contributed by atoms with E-state index in [-0.39, 0.29) is 6.61 Å². The summed E-state index contributed by atoms with van der Waals surface area (Å²) in [5.41, 5.74) is 5.82. The lowest BCUT2D eigenvalue weighted by Crippen LogP contribution is -2.68. The Kier molecular flexibility index (Phi) is 12.4. The van der Waals surface area contributed by atoms with Crippen LogP contribution < -0.4 is 5.73 Å². The van der Waals surface area contributed by atoms with Crippen molar-refractivity contribution in [2.45, 2.75) is 113 Å². The summed E-state index contributed by atoms with van der Waals surface area (Å²) in [5.74, 6) is 0. The van der Waals surface area contributed by atoms with Crippen LogP contribution in [0.2, 0.25) is 0 Å². The molecule has 1 unspecified atom stereocenters. The zero-order valence-electron chi connectivity index (χ0n) is 19.7. The summed E-state index contributed by atoms with van der Waals surface area (Å²) >= 11 is 0. The van der Waals surface area contributed by atoms with E-state index >= 15 is 0 Å². The Morgan fingerprint density at radius 3 is 2.00 bits per heavy atom. The van der Waals surface area contributed by atoms with E-state index in [2.05, 4.69) is 6.92 Å². The Balaban J connectivity index is 2.09. The highest BCUT2D eigenvalue weighted by Crippen LogP contribution is 2.47. The van der Waals surface area contributed by atoms with Crippen LogP contribution in [0.1, 0.15) is 45.4 Å². The topological polar surface area (TPSA) is 242 Å². The second-order valence-corrected chi connectivity index (χ2v) is 10.4. The summed E-state index contributed by atoms with van der Waals surface area (Å²) in [5, 5.41) is 70.5. The van der Waals surface area contributed by atoms with Crippen LogP contribution in [-0.2, 0) is 23.1 Å². The molecule has 14 nitrogen and oxygen atoms in total. The highest BCUT2D eigenvalue weighted by Gasteiger charge is 2.55. The van der Waals surface area contributed by atoms with Crippen molar-refractivity contribution in [2.24, 2.45) is 5.73 Å². The summed E-state index contributed by atoms with van der Waals surface area (Å²) in [7, 11) is -4.82. The molecule has 0 amide bonds. The van der Waals surface area contributed by atoms with E-state index in [0.29, 0.717) is 6.42 Å². The number of nitrogens with two attached hydrogens (primary N) is 1. The number of aliphatic hydroxyl groups excluding tert-OH is 7. The molecule has 0 aromatic rings. The standard InChI is InChI=1S/C20H40NO13P/c1-2-3-4-5-6-7-8-31-35(29,30)34-19-17(28)15(26)14(25)16(27)18(19)33-20-11(21)13(24)12(23)10(9-22)32-20/h10-20,22-28H,2-9,21H2,1H3,(H,29,30)/t10-,11-,12-,13-,14-,15-,16+,17-,18-,19-,20-/m1/s1. The van der Waals surface area contributed by atoms with Crippen LogP contribution in [0.25, 0.3) is 0 Å². The van der Waals surface area contributed by atoms with Crippen molar-refractivity contribution < 1.29 is 63.7 Å². The van der Waals surface area contributed by atoms with Gasteiger partial charge in [-0.2, -0.15) is 0 Å².